The normalized spacial score (nSPS) is 10.8. The van der Waals surface area contributed by atoms with Crippen LogP contribution < -0.4 is 4.74 Å². The van der Waals surface area contributed by atoms with Crippen molar-refractivity contribution in [3.8, 4) is 17.6 Å². The zero-order chi connectivity index (χ0) is 15.7. The highest BCUT2D eigenvalue weighted by Crippen LogP contribution is 2.16. The van der Waals surface area contributed by atoms with Crippen LogP contribution in [0.5, 0.6) is 5.75 Å². The molecule has 1 aromatic carbocycles. The van der Waals surface area contributed by atoms with Gasteiger partial charge in [-0.1, -0.05) is 18.8 Å². The van der Waals surface area contributed by atoms with E-state index in [1.807, 2.05) is 0 Å². The highest BCUT2D eigenvalue weighted by Gasteiger charge is 2.07. The van der Waals surface area contributed by atoms with Gasteiger partial charge in [0.25, 0.3) is 0 Å². The number of hydrogen-bond donors (Lipinski definition) is 0. The molecule has 0 N–H and O–H groups in total. The zero-order valence-corrected chi connectivity index (χ0v) is 13.4. The number of hydrogen-bond acceptors (Lipinski definition) is 3. The number of ether oxygens (including phenoxy) is 1. The van der Waals surface area contributed by atoms with Gasteiger partial charge in [0.15, 0.2) is 0 Å². The van der Waals surface area contributed by atoms with Gasteiger partial charge in [0, 0.05) is 24.1 Å². The van der Waals surface area contributed by atoms with Crippen LogP contribution in [0.2, 0.25) is 0 Å². The smallest absolute Gasteiger partial charge is 0.150 e. The molecule has 0 radical (unpaired) electrons. The molecule has 21 heavy (non-hydrogen) atoms. The Morgan fingerprint density at radius 1 is 1.38 bits per heavy atom. The van der Waals surface area contributed by atoms with Gasteiger partial charge in [0.1, 0.15) is 21.4 Å². The average Bonchev–Trinajstić information content (AvgIpc) is 2.46. The standard InChI is InChI=1S/C15H18ClFO3S/c1-2-21(18,19)11-5-10-20-14-8-7-13(15(17)12-14)6-3-4-9-16/h7-8,12H,2,4-5,9-11H2,1H3. The molecule has 6 heteroatoms. The summed E-state index contributed by atoms with van der Waals surface area (Å²) in [6, 6.07) is 4.40. The molecule has 0 bridgehead atoms. The summed E-state index contributed by atoms with van der Waals surface area (Å²) in [5.41, 5.74) is 0.293. The molecule has 0 aromatic heterocycles. The van der Waals surface area contributed by atoms with Crippen molar-refractivity contribution in [3.63, 3.8) is 0 Å². The summed E-state index contributed by atoms with van der Waals surface area (Å²) in [6.07, 6.45) is 0.889. The molecule has 1 rings (SSSR count). The van der Waals surface area contributed by atoms with E-state index in [1.165, 1.54) is 12.1 Å². The van der Waals surface area contributed by atoms with E-state index in [2.05, 4.69) is 11.8 Å². The maximum absolute atomic E-state index is 13.7. The van der Waals surface area contributed by atoms with E-state index < -0.39 is 15.7 Å². The lowest BCUT2D eigenvalue weighted by atomic mass is 10.2. The van der Waals surface area contributed by atoms with Gasteiger partial charge in [-0.15, -0.1) is 11.6 Å². The molecule has 1 aromatic rings. The lowest BCUT2D eigenvalue weighted by Crippen LogP contribution is -2.11. The first-order valence-corrected chi connectivity index (χ1v) is 9.01. The van der Waals surface area contributed by atoms with Crippen molar-refractivity contribution in [2.45, 2.75) is 19.8 Å². The van der Waals surface area contributed by atoms with Crippen molar-refractivity contribution in [1.82, 2.24) is 0 Å². The lowest BCUT2D eigenvalue weighted by molar-refractivity contribution is 0.316. The summed E-state index contributed by atoms with van der Waals surface area (Å²) < 4.78 is 41.6. The van der Waals surface area contributed by atoms with Crippen LogP contribution in [0.1, 0.15) is 25.3 Å². The van der Waals surface area contributed by atoms with Gasteiger partial charge < -0.3 is 4.74 Å². The molecular formula is C15H18ClFO3S. The second-order valence-electron chi connectivity index (χ2n) is 4.32. The SMILES string of the molecule is CCS(=O)(=O)CCCOc1ccc(C#CCCCl)c(F)c1. The minimum atomic E-state index is -2.98. The fourth-order valence-corrected chi connectivity index (χ4v) is 2.45. The zero-order valence-electron chi connectivity index (χ0n) is 11.9. The minimum Gasteiger partial charge on any atom is -0.493 e. The van der Waals surface area contributed by atoms with Crippen LogP contribution in [0.3, 0.4) is 0 Å². The van der Waals surface area contributed by atoms with E-state index in [0.717, 1.165) is 0 Å². The second kappa shape index (κ2) is 8.91. The van der Waals surface area contributed by atoms with E-state index in [1.54, 1.807) is 13.0 Å². The molecule has 0 unspecified atom stereocenters. The maximum Gasteiger partial charge on any atom is 0.150 e. The molecule has 0 atom stereocenters. The van der Waals surface area contributed by atoms with Crippen LogP contribution in [0, 0.1) is 17.7 Å². The average molecular weight is 333 g/mol. The minimum absolute atomic E-state index is 0.0773. The van der Waals surface area contributed by atoms with Crippen molar-refractivity contribution < 1.29 is 17.5 Å². The summed E-state index contributed by atoms with van der Waals surface area (Å²) in [6.45, 7) is 1.84. The summed E-state index contributed by atoms with van der Waals surface area (Å²) in [4.78, 5) is 0. The van der Waals surface area contributed by atoms with Gasteiger partial charge in [0.05, 0.1) is 17.9 Å². The Labute approximate surface area is 130 Å². The second-order valence-corrected chi connectivity index (χ2v) is 7.17. The van der Waals surface area contributed by atoms with E-state index >= 15 is 0 Å². The number of alkyl halides is 1. The third-order valence-corrected chi connectivity index (χ3v) is 4.67. The molecule has 0 heterocycles. The monoisotopic (exact) mass is 332 g/mol. The first-order chi connectivity index (χ1) is 9.98. The van der Waals surface area contributed by atoms with Crippen LogP contribution in [0.15, 0.2) is 18.2 Å². The Hall–Kier alpha value is -1.25. The Morgan fingerprint density at radius 3 is 2.76 bits per heavy atom. The Balaban J connectivity index is 2.51. The van der Waals surface area contributed by atoms with Crippen LogP contribution in [0.25, 0.3) is 0 Å². The van der Waals surface area contributed by atoms with Gasteiger partial charge in [-0.2, -0.15) is 0 Å². The number of sulfone groups is 1. The van der Waals surface area contributed by atoms with Crippen molar-refractivity contribution >= 4 is 21.4 Å². The molecule has 3 nitrogen and oxygen atoms in total. The Bertz CT molecular complexity index is 618. The van der Waals surface area contributed by atoms with E-state index in [9.17, 15) is 12.8 Å². The van der Waals surface area contributed by atoms with E-state index in [4.69, 9.17) is 16.3 Å². The highest BCUT2D eigenvalue weighted by molar-refractivity contribution is 7.91. The molecule has 0 amide bonds. The van der Waals surface area contributed by atoms with Gasteiger partial charge in [0.2, 0.25) is 0 Å². The number of rotatable bonds is 7. The third-order valence-electron chi connectivity index (χ3n) is 2.69. The van der Waals surface area contributed by atoms with Crippen molar-refractivity contribution in [1.29, 1.82) is 0 Å². The summed E-state index contributed by atoms with van der Waals surface area (Å²) in [5, 5.41) is 0. The van der Waals surface area contributed by atoms with Gasteiger partial charge in [-0.25, -0.2) is 12.8 Å². The molecule has 0 saturated carbocycles. The largest absolute Gasteiger partial charge is 0.493 e. The quantitative estimate of drug-likeness (QED) is 0.438. The fourth-order valence-electron chi connectivity index (χ4n) is 1.51. The lowest BCUT2D eigenvalue weighted by Gasteiger charge is -2.07. The molecule has 0 aliphatic carbocycles. The summed E-state index contributed by atoms with van der Waals surface area (Å²) in [5.74, 6) is 5.96. The Kier molecular flexibility index (Phi) is 7.55. The highest BCUT2D eigenvalue weighted by atomic mass is 35.5. The topological polar surface area (TPSA) is 43.4 Å². The first kappa shape index (κ1) is 17.8. The fraction of sp³-hybridized carbons (Fsp3) is 0.467. The molecule has 0 spiro atoms. The first-order valence-electron chi connectivity index (χ1n) is 6.66. The molecule has 0 aliphatic heterocycles. The molecular weight excluding hydrogens is 315 g/mol. The summed E-state index contributed by atoms with van der Waals surface area (Å²) >= 11 is 5.49. The molecule has 0 saturated heterocycles. The predicted octanol–water partition coefficient (Wildman–Crippen LogP) is 3.01. The van der Waals surface area contributed by atoms with Crippen molar-refractivity contribution in [3.05, 3.63) is 29.6 Å². The third kappa shape index (κ3) is 6.83. The van der Waals surface area contributed by atoms with Crippen molar-refractivity contribution in [2.75, 3.05) is 24.0 Å². The van der Waals surface area contributed by atoms with E-state index in [-0.39, 0.29) is 18.1 Å². The van der Waals surface area contributed by atoms with E-state index in [0.29, 0.717) is 30.0 Å². The van der Waals surface area contributed by atoms with Crippen LogP contribution in [0.4, 0.5) is 4.39 Å². The Morgan fingerprint density at radius 2 is 2.14 bits per heavy atom. The van der Waals surface area contributed by atoms with Crippen LogP contribution >= 0.6 is 11.6 Å². The number of benzene rings is 1. The van der Waals surface area contributed by atoms with Gasteiger partial charge >= 0.3 is 0 Å². The number of halogens is 2. The van der Waals surface area contributed by atoms with Crippen LogP contribution in [-0.4, -0.2) is 32.4 Å². The van der Waals surface area contributed by atoms with Gasteiger partial charge in [-0.05, 0) is 18.6 Å². The predicted molar refractivity (Wildman–Crippen MR) is 83.1 cm³/mol. The summed E-state index contributed by atoms with van der Waals surface area (Å²) in [7, 11) is -2.98. The molecule has 0 fully saturated rings. The molecule has 0 aliphatic rings. The maximum atomic E-state index is 13.7. The molecule has 116 valence electrons. The van der Waals surface area contributed by atoms with Gasteiger partial charge in [-0.3, -0.25) is 0 Å². The van der Waals surface area contributed by atoms with Crippen molar-refractivity contribution in [2.24, 2.45) is 0 Å². The van der Waals surface area contributed by atoms with Crippen LogP contribution in [-0.2, 0) is 9.84 Å².